The molecule has 11 heavy (non-hydrogen) atoms. The summed E-state index contributed by atoms with van der Waals surface area (Å²) in [6.45, 7) is 2.39. The largest absolute Gasteiger partial charge is 0.495 e. The Kier molecular flexibility index (Phi) is 2.44. The topological polar surface area (TPSA) is 48.1 Å². The molecule has 0 aromatic carbocycles. The normalized spacial score (nSPS) is 9.73. The zero-order valence-corrected chi connectivity index (χ0v) is 6.79. The number of nitrogens with zero attached hydrogens (tertiary/aromatic N) is 1. The molecule has 0 aliphatic carbocycles. The molecule has 0 radical (unpaired) electrons. The summed E-state index contributed by atoms with van der Waals surface area (Å²) in [6, 6.07) is 1.87. The monoisotopic (exact) mass is 152 g/mol. The van der Waals surface area contributed by atoms with Crippen molar-refractivity contribution in [3.8, 4) is 5.75 Å². The summed E-state index contributed by atoms with van der Waals surface area (Å²) in [7, 11) is 1.63. The van der Waals surface area contributed by atoms with Gasteiger partial charge in [-0.15, -0.1) is 0 Å². The molecule has 1 aromatic heterocycles. The molecule has 1 heterocycles. The summed E-state index contributed by atoms with van der Waals surface area (Å²) >= 11 is 0. The van der Waals surface area contributed by atoms with Gasteiger partial charge in [0.2, 0.25) is 0 Å². The highest BCUT2D eigenvalue weighted by Crippen LogP contribution is 2.19. The Labute approximate surface area is 66.2 Å². The van der Waals surface area contributed by atoms with Gasteiger partial charge < -0.3 is 10.5 Å². The van der Waals surface area contributed by atoms with E-state index in [4.69, 9.17) is 10.5 Å². The van der Waals surface area contributed by atoms with Crippen LogP contribution in [0.2, 0.25) is 0 Å². The van der Waals surface area contributed by atoms with Gasteiger partial charge in [-0.3, -0.25) is 4.98 Å². The number of hydrogen-bond donors (Lipinski definition) is 1. The Morgan fingerprint density at radius 3 is 2.82 bits per heavy atom. The predicted molar refractivity (Wildman–Crippen MR) is 43.4 cm³/mol. The zero-order chi connectivity index (χ0) is 8.27. The molecule has 0 aliphatic heterocycles. The first-order valence-corrected chi connectivity index (χ1v) is 3.48. The molecular formula is C8H12N2O. The molecule has 2 N–H and O–H groups in total. The molecule has 0 aliphatic rings. The molecule has 0 unspecified atom stereocenters. The molecule has 0 bridgehead atoms. The Bertz CT molecular complexity index is 248. The minimum atomic E-state index is 0.493. The SMILES string of the molecule is COc1c(CN)ccnc1C. The molecular weight excluding hydrogens is 140 g/mol. The van der Waals surface area contributed by atoms with E-state index in [0.29, 0.717) is 6.54 Å². The fraction of sp³-hybridized carbons (Fsp3) is 0.375. The van der Waals surface area contributed by atoms with Gasteiger partial charge in [0.1, 0.15) is 5.75 Å². The van der Waals surface area contributed by atoms with Crippen molar-refractivity contribution in [1.82, 2.24) is 4.98 Å². The van der Waals surface area contributed by atoms with Crippen LogP contribution in [0.25, 0.3) is 0 Å². The molecule has 60 valence electrons. The molecule has 0 saturated carbocycles. The summed E-state index contributed by atoms with van der Waals surface area (Å²) in [5, 5.41) is 0. The van der Waals surface area contributed by atoms with Crippen molar-refractivity contribution < 1.29 is 4.74 Å². The Morgan fingerprint density at radius 1 is 1.64 bits per heavy atom. The minimum absolute atomic E-state index is 0.493. The maximum Gasteiger partial charge on any atom is 0.144 e. The van der Waals surface area contributed by atoms with Crippen LogP contribution in [0.1, 0.15) is 11.3 Å². The zero-order valence-electron chi connectivity index (χ0n) is 6.79. The Morgan fingerprint density at radius 2 is 2.36 bits per heavy atom. The maximum atomic E-state index is 5.49. The van der Waals surface area contributed by atoms with Gasteiger partial charge in [0, 0.05) is 18.3 Å². The van der Waals surface area contributed by atoms with Crippen LogP contribution < -0.4 is 10.5 Å². The van der Waals surface area contributed by atoms with Gasteiger partial charge in [0.25, 0.3) is 0 Å². The molecule has 1 rings (SSSR count). The average Bonchev–Trinajstić information content (AvgIpc) is 2.04. The summed E-state index contributed by atoms with van der Waals surface area (Å²) in [5.41, 5.74) is 7.37. The van der Waals surface area contributed by atoms with Crippen molar-refractivity contribution in [1.29, 1.82) is 0 Å². The van der Waals surface area contributed by atoms with Crippen LogP contribution in [-0.2, 0) is 6.54 Å². The van der Waals surface area contributed by atoms with Crippen molar-refractivity contribution in [2.24, 2.45) is 5.73 Å². The second-order valence-electron chi connectivity index (χ2n) is 2.29. The number of ether oxygens (including phenoxy) is 1. The van der Waals surface area contributed by atoms with E-state index in [0.717, 1.165) is 17.0 Å². The number of hydrogen-bond acceptors (Lipinski definition) is 3. The number of nitrogens with two attached hydrogens (primary N) is 1. The highest BCUT2D eigenvalue weighted by atomic mass is 16.5. The fourth-order valence-electron chi connectivity index (χ4n) is 1.05. The van der Waals surface area contributed by atoms with Crippen LogP contribution in [0.4, 0.5) is 0 Å². The van der Waals surface area contributed by atoms with Crippen molar-refractivity contribution >= 4 is 0 Å². The lowest BCUT2D eigenvalue weighted by atomic mass is 10.2. The van der Waals surface area contributed by atoms with Crippen LogP contribution in [0, 0.1) is 6.92 Å². The van der Waals surface area contributed by atoms with E-state index in [1.54, 1.807) is 13.3 Å². The molecule has 3 heteroatoms. The van der Waals surface area contributed by atoms with Gasteiger partial charge in [0.05, 0.1) is 12.8 Å². The first kappa shape index (κ1) is 8.01. The number of aromatic nitrogens is 1. The average molecular weight is 152 g/mol. The Balaban J connectivity index is 3.13. The van der Waals surface area contributed by atoms with Crippen molar-refractivity contribution in [2.75, 3.05) is 7.11 Å². The summed E-state index contributed by atoms with van der Waals surface area (Å²) in [6.07, 6.45) is 1.74. The highest BCUT2D eigenvalue weighted by Gasteiger charge is 2.03. The maximum absolute atomic E-state index is 5.49. The minimum Gasteiger partial charge on any atom is -0.495 e. The molecule has 0 fully saturated rings. The summed E-state index contributed by atoms with van der Waals surface area (Å²) < 4.78 is 5.12. The third-order valence-electron chi connectivity index (χ3n) is 1.59. The predicted octanol–water partition coefficient (Wildman–Crippen LogP) is 0.857. The summed E-state index contributed by atoms with van der Waals surface area (Å²) in [5.74, 6) is 0.801. The van der Waals surface area contributed by atoms with Crippen LogP contribution in [0.15, 0.2) is 12.3 Å². The molecule has 0 atom stereocenters. The lowest BCUT2D eigenvalue weighted by molar-refractivity contribution is 0.404. The molecule has 1 aromatic rings. The third kappa shape index (κ3) is 1.49. The first-order chi connectivity index (χ1) is 5.29. The number of aryl methyl sites for hydroxylation is 1. The molecule has 0 saturated heterocycles. The molecule has 3 nitrogen and oxygen atoms in total. The van der Waals surface area contributed by atoms with E-state index in [1.165, 1.54) is 0 Å². The standard InChI is InChI=1S/C8H12N2O/c1-6-8(11-2)7(5-9)3-4-10-6/h3-4H,5,9H2,1-2H3. The quantitative estimate of drug-likeness (QED) is 0.683. The van der Waals surface area contributed by atoms with E-state index in [-0.39, 0.29) is 0 Å². The number of methoxy groups -OCH3 is 1. The van der Waals surface area contributed by atoms with Crippen LogP contribution in [0.5, 0.6) is 5.75 Å². The Hall–Kier alpha value is -1.09. The van der Waals surface area contributed by atoms with E-state index in [9.17, 15) is 0 Å². The van der Waals surface area contributed by atoms with Gasteiger partial charge in [-0.2, -0.15) is 0 Å². The second kappa shape index (κ2) is 3.34. The first-order valence-electron chi connectivity index (χ1n) is 3.48. The number of pyridine rings is 1. The van der Waals surface area contributed by atoms with Crippen LogP contribution >= 0.6 is 0 Å². The smallest absolute Gasteiger partial charge is 0.144 e. The van der Waals surface area contributed by atoms with E-state index < -0.39 is 0 Å². The van der Waals surface area contributed by atoms with Crippen LogP contribution in [0.3, 0.4) is 0 Å². The van der Waals surface area contributed by atoms with E-state index in [2.05, 4.69) is 4.98 Å². The van der Waals surface area contributed by atoms with Gasteiger partial charge in [0.15, 0.2) is 0 Å². The third-order valence-corrected chi connectivity index (χ3v) is 1.59. The number of rotatable bonds is 2. The van der Waals surface area contributed by atoms with Crippen LogP contribution in [-0.4, -0.2) is 12.1 Å². The van der Waals surface area contributed by atoms with E-state index in [1.807, 2.05) is 13.0 Å². The van der Waals surface area contributed by atoms with Crippen molar-refractivity contribution in [3.05, 3.63) is 23.5 Å². The molecule has 0 spiro atoms. The lowest BCUT2D eigenvalue weighted by Crippen LogP contribution is -2.02. The second-order valence-corrected chi connectivity index (χ2v) is 2.29. The van der Waals surface area contributed by atoms with Crippen molar-refractivity contribution in [2.45, 2.75) is 13.5 Å². The summed E-state index contributed by atoms with van der Waals surface area (Å²) in [4.78, 5) is 4.08. The fourth-order valence-corrected chi connectivity index (χ4v) is 1.05. The molecule has 0 amide bonds. The van der Waals surface area contributed by atoms with Gasteiger partial charge in [-0.05, 0) is 13.0 Å². The highest BCUT2D eigenvalue weighted by molar-refractivity contribution is 5.35. The van der Waals surface area contributed by atoms with E-state index >= 15 is 0 Å². The van der Waals surface area contributed by atoms with Crippen molar-refractivity contribution in [3.63, 3.8) is 0 Å². The van der Waals surface area contributed by atoms with Gasteiger partial charge >= 0.3 is 0 Å². The van der Waals surface area contributed by atoms with Gasteiger partial charge in [-0.1, -0.05) is 0 Å². The van der Waals surface area contributed by atoms with Gasteiger partial charge in [-0.25, -0.2) is 0 Å². The lowest BCUT2D eigenvalue weighted by Gasteiger charge is -2.07.